The first-order valence-electron chi connectivity index (χ1n) is 11.7. The molecule has 5 rings (SSSR count). The lowest BCUT2D eigenvalue weighted by Crippen LogP contribution is -2.28. The number of allylic oxidation sites excluding steroid dienone is 1. The van der Waals surface area contributed by atoms with E-state index in [1.807, 2.05) is 43.3 Å². The lowest BCUT2D eigenvalue weighted by Gasteiger charge is -2.13. The van der Waals surface area contributed by atoms with Gasteiger partial charge in [-0.3, -0.25) is 9.78 Å². The normalized spacial score (nSPS) is 15.4. The maximum atomic E-state index is 13.6. The number of nitrogens with zero attached hydrogens (tertiary/aromatic N) is 3. The van der Waals surface area contributed by atoms with Crippen molar-refractivity contribution in [1.82, 2.24) is 20.1 Å². The Labute approximate surface area is 228 Å². The zero-order valence-corrected chi connectivity index (χ0v) is 22.6. The standard InChI is InChI=1S/C27H23Cl3N4OS/c1-16(22-8-4-5-13-31-22)32-27(35)25-20-7-3-2-6-17(14-19-10-12-24(30)36-19)26(20)34(33-25)23-11-9-18(28)15-21(23)29/h4-5,8-16H,2-3,6-7H2,1H3,(H,32,35)/b17-14+/t16-/m1/s1. The van der Waals surface area contributed by atoms with Gasteiger partial charge in [-0.1, -0.05) is 40.9 Å². The molecule has 4 aromatic rings. The zero-order chi connectivity index (χ0) is 25.2. The largest absolute Gasteiger partial charge is 0.343 e. The molecular weight excluding hydrogens is 535 g/mol. The van der Waals surface area contributed by atoms with E-state index in [-0.39, 0.29) is 11.9 Å². The van der Waals surface area contributed by atoms with Crippen LogP contribution in [0, 0.1) is 0 Å². The Bertz CT molecular complexity index is 1440. The summed E-state index contributed by atoms with van der Waals surface area (Å²) in [6, 6.07) is 14.6. The highest BCUT2D eigenvalue weighted by atomic mass is 35.5. The fraction of sp³-hybridized carbons (Fsp3) is 0.222. The SMILES string of the molecule is C[C@@H](NC(=O)c1nn(-c2ccc(Cl)cc2Cl)c2c1CCCC/C2=C\c1ccc(Cl)s1)c1ccccn1. The summed E-state index contributed by atoms with van der Waals surface area (Å²) in [6.07, 6.45) is 7.40. The van der Waals surface area contributed by atoms with Crippen LogP contribution in [-0.4, -0.2) is 20.7 Å². The number of amides is 1. The minimum Gasteiger partial charge on any atom is -0.343 e. The average molecular weight is 558 g/mol. The molecule has 1 aromatic carbocycles. The van der Waals surface area contributed by atoms with Crippen molar-refractivity contribution in [3.63, 3.8) is 0 Å². The molecule has 0 fully saturated rings. The van der Waals surface area contributed by atoms with Crippen molar-refractivity contribution in [1.29, 1.82) is 0 Å². The Morgan fingerprint density at radius 2 is 1.94 bits per heavy atom. The predicted molar refractivity (Wildman–Crippen MR) is 148 cm³/mol. The summed E-state index contributed by atoms with van der Waals surface area (Å²) in [5.74, 6) is -0.242. The van der Waals surface area contributed by atoms with Crippen LogP contribution in [0.5, 0.6) is 0 Å². The van der Waals surface area contributed by atoms with Crippen LogP contribution in [0.25, 0.3) is 17.3 Å². The van der Waals surface area contributed by atoms with E-state index in [9.17, 15) is 4.79 Å². The number of aromatic nitrogens is 3. The van der Waals surface area contributed by atoms with E-state index in [0.717, 1.165) is 57.4 Å². The van der Waals surface area contributed by atoms with Crippen molar-refractivity contribution < 1.29 is 4.79 Å². The summed E-state index contributed by atoms with van der Waals surface area (Å²) < 4.78 is 2.52. The van der Waals surface area contributed by atoms with Crippen LogP contribution in [-0.2, 0) is 6.42 Å². The first kappa shape index (κ1) is 25.0. The molecule has 0 saturated carbocycles. The van der Waals surface area contributed by atoms with Gasteiger partial charge in [-0.05, 0) is 86.7 Å². The number of rotatable bonds is 5. The Kier molecular flexibility index (Phi) is 7.49. The topological polar surface area (TPSA) is 59.8 Å². The van der Waals surface area contributed by atoms with Gasteiger partial charge in [0.05, 0.1) is 32.5 Å². The van der Waals surface area contributed by atoms with Gasteiger partial charge < -0.3 is 5.32 Å². The number of thiophene rings is 1. The van der Waals surface area contributed by atoms with Crippen LogP contribution in [0.4, 0.5) is 0 Å². The number of nitrogens with one attached hydrogen (secondary N) is 1. The summed E-state index contributed by atoms with van der Waals surface area (Å²) in [7, 11) is 0. The lowest BCUT2D eigenvalue weighted by molar-refractivity contribution is 0.0932. The summed E-state index contributed by atoms with van der Waals surface area (Å²) in [5.41, 5.74) is 4.76. The lowest BCUT2D eigenvalue weighted by atomic mass is 10.0. The molecule has 9 heteroatoms. The maximum absolute atomic E-state index is 13.6. The Morgan fingerprint density at radius 1 is 1.11 bits per heavy atom. The number of halogens is 3. The molecule has 0 aliphatic heterocycles. The fourth-order valence-corrected chi connectivity index (χ4v) is 5.97. The van der Waals surface area contributed by atoms with Crippen molar-refractivity contribution in [2.45, 2.75) is 38.6 Å². The second-order valence-corrected chi connectivity index (χ2v) is 11.2. The van der Waals surface area contributed by atoms with Gasteiger partial charge in [0.2, 0.25) is 0 Å². The van der Waals surface area contributed by atoms with Crippen molar-refractivity contribution in [2.24, 2.45) is 0 Å². The van der Waals surface area contributed by atoms with E-state index in [1.54, 1.807) is 23.0 Å². The summed E-state index contributed by atoms with van der Waals surface area (Å²) in [4.78, 5) is 19.0. The molecule has 1 amide bonds. The fourth-order valence-electron chi connectivity index (χ4n) is 4.45. The molecule has 0 saturated heterocycles. The van der Waals surface area contributed by atoms with E-state index in [2.05, 4.69) is 16.4 Å². The van der Waals surface area contributed by atoms with Gasteiger partial charge in [-0.15, -0.1) is 11.3 Å². The summed E-state index contributed by atoms with van der Waals surface area (Å²) in [5, 5.41) is 8.90. The number of hydrogen-bond donors (Lipinski definition) is 1. The van der Waals surface area contributed by atoms with Gasteiger partial charge in [0.25, 0.3) is 5.91 Å². The number of carbonyl (C=O) groups excluding carboxylic acids is 1. The van der Waals surface area contributed by atoms with Gasteiger partial charge in [-0.25, -0.2) is 4.68 Å². The van der Waals surface area contributed by atoms with Crippen molar-refractivity contribution in [3.05, 3.63) is 96.6 Å². The average Bonchev–Trinajstić information content (AvgIpc) is 3.38. The van der Waals surface area contributed by atoms with E-state index >= 15 is 0 Å². The third-order valence-electron chi connectivity index (χ3n) is 6.15. The maximum Gasteiger partial charge on any atom is 0.272 e. The Morgan fingerprint density at radius 3 is 2.67 bits per heavy atom. The number of pyridine rings is 1. The molecule has 0 bridgehead atoms. The van der Waals surface area contributed by atoms with Crippen molar-refractivity contribution in [3.8, 4) is 5.69 Å². The van der Waals surface area contributed by atoms with Gasteiger partial charge in [0.1, 0.15) is 0 Å². The Balaban J connectivity index is 1.64. The number of fused-ring (bicyclic) bond motifs is 1. The molecule has 184 valence electrons. The molecule has 3 heterocycles. The van der Waals surface area contributed by atoms with Crippen molar-refractivity contribution in [2.75, 3.05) is 0 Å². The van der Waals surface area contributed by atoms with E-state index in [1.165, 1.54) is 11.3 Å². The minimum atomic E-state index is -0.271. The third-order valence-corrected chi connectivity index (χ3v) is 7.87. The highest BCUT2D eigenvalue weighted by Crippen LogP contribution is 2.38. The van der Waals surface area contributed by atoms with Gasteiger partial charge in [-0.2, -0.15) is 5.10 Å². The van der Waals surface area contributed by atoms with E-state index in [4.69, 9.17) is 39.9 Å². The zero-order valence-electron chi connectivity index (χ0n) is 19.5. The van der Waals surface area contributed by atoms with Crippen LogP contribution in [0.2, 0.25) is 14.4 Å². The van der Waals surface area contributed by atoms with Crippen LogP contribution in [0.3, 0.4) is 0 Å². The minimum absolute atomic E-state index is 0.242. The second kappa shape index (κ2) is 10.8. The van der Waals surface area contributed by atoms with E-state index < -0.39 is 0 Å². The van der Waals surface area contributed by atoms with Crippen LogP contribution in [0.15, 0.2) is 54.7 Å². The molecule has 0 unspecified atom stereocenters. The van der Waals surface area contributed by atoms with Gasteiger partial charge in [0, 0.05) is 21.7 Å². The van der Waals surface area contributed by atoms with Gasteiger partial charge >= 0.3 is 0 Å². The molecule has 3 aromatic heterocycles. The smallest absolute Gasteiger partial charge is 0.272 e. The van der Waals surface area contributed by atoms with Crippen LogP contribution >= 0.6 is 46.1 Å². The van der Waals surface area contributed by atoms with Gasteiger partial charge in [0.15, 0.2) is 5.69 Å². The molecule has 1 atom stereocenters. The molecule has 5 nitrogen and oxygen atoms in total. The first-order chi connectivity index (χ1) is 17.4. The predicted octanol–water partition coefficient (Wildman–Crippen LogP) is 8.05. The molecule has 0 spiro atoms. The highest BCUT2D eigenvalue weighted by molar-refractivity contribution is 7.17. The Hall–Kier alpha value is -2.64. The quantitative estimate of drug-likeness (QED) is 0.253. The second-order valence-electron chi connectivity index (χ2n) is 8.65. The molecule has 1 aliphatic rings. The monoisotopic (exact) mass is 556 g/mol. The molecule has 36 heavy (non-hydrogen) atoms. The molecule has 0 radical (unpaired) electrons. The van der Waals surface area contributed by atoms with Crippen molar-refractivity contribution >= 4 is 63.7 Å². The third kappa shape index (κ3) is 5.23. The number of hydrogen-bond acceptors (Lipinski definition) is 4. The molecule has 1 N–H and O–H groups in total. The number of carbonyl (C=O) groups is 1. The highest BCUT2D eigenvalue weighted by Gasteiger charge is 2.29. The summed E-state index contributed by atoms with van der Waals surface area (Å²) in [6.45, 7) is 1.91. The number of benzene rings is 1. The molecular formula is C27H23Cl3N4OS. The van der Waals surface area contributed by atoms with E-state index in [0.29, 0.717) is 21.4 Å². The first-order valence-corrected chi connectivity index (χ1v) is 13.6. The van der Waals surface area contributed by atoms with Crippen LogP contribution < -0.4 is 5.32 Å². The summed E-state index contributed by atoms with van der Waals surface area (Å²) >= 11 is 20.5. The van der Waals surface area contributed by atoms with Crippen LogP contribution in [0.1, 0.15) is 64.5 Å². The molecule has 1 aliphatic carbocycles.